The highest BCUT2D eigenvalue weighted by Crippen LogP contribution is 2.41. The Labute approximate surface area is 142 Å². The van der Waals surface area contributed by atoms with Crippen molar-refractivity contribution in [2.45, 2.75) is 57.3 Å². The SMILES string of the molecule is COC(=O)c1ccc([C@H]2C[C@@H](NC(C)=O)[C@@H]3CCCC[C@H]3O2)cc1. The maximum atomic E-state index is 11.6. The number of methoxy groups -OCH3 is 1. The van der Waals surface area contributed by atoms with Gasteiger partial charge in [-0.25, -0.2) is 4.79 Å². The van der Waals surface area contributed by atoms with E-state index in [0.717, 1.165) is 24.8 Å². The minimum Gasteiger partial charge on any atom is -0.465 e. The van der Waals surface area contributed by atoms with E-state index in [4.69, 9.17) is 9.47 Å². The van der Waals surface area contributed by atoms with Gasteiger partial charge in [-0.3, -0.25) is 4.79 Å². The number of esters is 1. The molecule has 0 aromatic heterocycles. The van der Waals surface area contributed by atoms with E-state index < -0.39 is 0 Å². The average molecular weight is 331 g/mol. The predicted molar refractivity (Wildman–Crippen MR) is 89.6 cm³/mol. The van der Waals surface area contributed by atoms with Crippen LogP contribution in [0.5, 0.6) is 0 Å². The lowest BCUT2D eigenvalue weighted by atomic mass is 9.76. The number of hydrogen-bond donors (Lipinski definition) is 1. The molecule has 3 rings (SSSR count). The number of carbonyl (C=O) groups excluding carboxylic acids is 2. The van der Waals surface area contributed by atoms with Gasteiger partial charge < -0.3 is 14.8 Å². The Morgan fingerprint density at radius 3 is 2.54 bits per heavy atom. The second-order valence-corrected chi connectivity index (χ2v) is 6.77. The Kier molecular flexibility index (Phi) is 5.19. The first-order chi connectivity index (χ1) is 11.6. The molecule has 1 saturated carbocycles. The molecule has 0 bridgehead atoms. The van der Waals surface area contributed by atoms with Crippen LogP contribution in [0.15, 0.2) is 24.3 Å². The van der Waals surface area contributed by atoms with Crippen LogP contribution in [0, 0.1) is 5.92 Å². The molecule has 2 aliphatic rings. The van der Waals surface area contributed by atoms with Crippen LogP contribution >= 0.6 is 0 Å². The molecule has 0 unspecified atom stereocenters. The first-order valence-electron chi connectivity index (χ1n) is 8.69. The van der Waals surface area contributed by atoms with Crippen molar-refractivity contribution in [1.29, 1.82) is 0 Å². The molecule has 1 aromatic carbocycles. The highest BCUT2D eigenvalue weighted by Gasteiger charge is 2.40. The zero-order valence-corrected chi connectivity index (χ0v) is 14.3. The number of benzene rings is 1. The van der Waals surface area contributed by atoms with Crippen LogP contribution in [0.4, 0.5) is 0 Å². The summed E-state index contributed by atoms with van der Waals surface area (Å²) in [5.74, 6) is 0.0915. The normalized spacial score (nSPS) is 29.4. The van der Waals surface area contributed by atoms with E-state index in [0.29, 0.717) is 11.5 Å². The molecule has 0 radical (unpaired) electrons. The zero-order valence-electron chi connectivity index (χ0n) is 14.3. The minimum atomic E-state index is -0.338. The van der Waals surface area contributed by atoms with Crippen molar-refractivity contribution in [2.24, 2.45) is 5.92 Å². The van der Waals surface area contributed by atoms with Gasteiger partial charge in [0.25, 0.3) is 0 Å². The first-order valence-corrected chi connectivity index (χ1v) is 8.69. The summed E-state index contributed by atoms with van der Waals surface area (Å²) in [5, 5.41) is 3.13. The van der Waals surface area contributed by atoms with E-state index in [-0.39, 0.29) is 30.1 Å². The van der Waals surface area contributed by atoms with E-state index in [1.807, 2.05) is 12.1 Å². The minimum absolute atomic E-state index is 0.0195. The molecule has 1 amide bonds. The van der Waals surface area contributed by atoms with Crippen LogP contribution < -0.4 is 5.32 Å². The Morgan fingerprint density at radius 1 is 1.17 bits per heavy atom. The van der Waals surface area contributed by atoms with Crippen molar-refractivity contribution in [3.63, 3.8) is 0 Å². The third-order valence-corrected chi connectivity index (χ3v) is 5.17. The standard InChI is InChI=1S/C19H25NO4/c1-12(21)20-16-11-18(24-17-6-4-3-5-15(16)17)13-7-9-14(10-8-13)19(22)23-2/h7-10,15-18H,3-6,11H2,1-2H3,(H,20,21)/t15-,16+,17+,18+/m0/s1. The van der Waals surface area contributed by atoms with E-state index in [2.05, 4.69) is 5.32 Å². The Bertz CT molecular complexity index is 598. The summed E-state index contributed by atoms with van der Waals surface area (Å²) in [7, 11) is 1.38. The second-order valence-electron chi connectivity index (χ2n) is 6.77. The summed E-state index contributed by atoms with van der Waals surface area (Å²) in [6.45, 7) is 1.58. The zero-order chi connectivity index (χ0) is 17.1. The van der Waals surface area contributed by atoms with E-state index in [9.17, 15) is 9.59 Å². The molecular weight excluding hydrogens is 306 g/mol. The van der Waals surface area contributed by atoms with Gasteiger partial charge in [0.2, 0.25) is 5.91 Å². The van der Waals surface area contributed by atoms with Crippen LogP contribution in [0.1, 0.15) is 61.1 Å². The summed E-state index contributed by atoms with van der Waals surface area (Å²) in [6.07, 6.45) is 5.49. The fourth-order valence-corrected chi connectivity index (χ4v) is 4.02. The van der Waals surface area contributed by atoms with Gasteiger partial charge in [0.05, 0.1) is 24.9 Å². The van der Waals surface area contributed by atoms with Crippen LogP contribution in [0.3, 0.4) is 0 Å². The van der Waals surface area contributed by atoms with E-state index >= 15 is 0 Å². The van der Waals surface area contributed by atoms with Crippen molar-refractivity contribution in [1.82, 2.24) is 5.32 Å². The van der Waals surface area contributed by atoms with Gasteiger partial charge in [-0.2, -0.15) is 0 Å². The van der Waals surface area contributed by atoms with Gasteiger partial charge in [-0.15, -0.1) is 0 Å². The van der Waals surface area contributed by atoms with Crippen molar-refractivity contribution >= 4 is 11.9 Å². The number of rotatable bonds is 3. The second kappa shape index (κ2) is 7.34. The molecule has 4 atom stereocenters. The maximum absolute atomic E-state index is 11.6. The molecule has 1 N–H and O–H groups in total. The van der Waals surface area contributed by atoms with E-state index in [1.165, 1.54) is 20.0 Å². The molecule has 2 fully saturated rings. The van der Waals surface area contributed by atoms with Crippen LogP contribution in [0.25, 0.3) is 0 Å². The van der Waals surface area contributed by atoms with Crippen molar-refractivity contribution in [3.8, 4) is 0 Å². The Hall–Kier alpha value is -1.88. The Morgan fingerprint density at radius 2 is 1.88 bits per heavy atom. The highest BCUT2D eigenvalue weighted by molar-refractivity contribution is 5.89. The number of amides is 1. The topological polar surface area (TPSA) is 64.6 Å². The molecule has 1 aliphatic heterocycles. The summed E-state index contributed by atoms with van der Waals surface area (Å²) >= 11 is 0. The number of hydrogen-bond acceptors (Lipinski definition) is 4. The quantitative estimate of drug-likeness (QED) is 0.865. The van der Waals surface area contributed by atoms with Crippen LogP contribution in [-0.2, 0) is 14.3 Å². The molecule has 24 heavy (non-hydrogen) atoms. The molecule has 5 heteroatoms. The largest absolute Gasteiger partial charge is 0.465 e. The predicted octanol–water partition coefficient (Wildman–Crippen LogP) is 3.00. The molecule has 1 aliphatic carbocycles. The van der Waals surface area contributed by atoms with Gasteiger partial charge in [0.1, 0.15) is 0 Å². The summed E-state index contributed by atoms with van der Waals surface area (Å²) in [5.41, 5.74) is 1.58. The fourth-order valence-electron chi connectivity index (χ4n) is 4.02. The fraction of sp³-hybridized carbons (Fsp3) is 0.579. The van der Waals surface area contributed by atoms with Gasteiger partial charge in [0.15, 0.2) is 0 Å². The van der Waals surface area contributed by atoms with Crippen molar-refractivity contribution in [3.05, 3.63) is 35.4 Å². The third kappa shape index (κ3) is 3.61. The first kappa shape index (κ1) is 17.0. The van der Waals surface area contributed by atoms with Crippen molar-refractivity contribution in [2.75, 3.05) is 7.11 Å². The third-order valence-electron chi connectivity index (χ3n) is 5.17. The number of fused-ring (bicyclic) bond motifs is 1. The maximum Gasteiger partial charge on any atom is 0.337 e. The van der Waals surface area contributed by atoms with Gasteiger partial charge in [-0.1, -0.05) is 25.0 Å². The van der Waals surface area contributed by atoms with Gasteiger partial charge >= 0.3 is 5.97 Å². The monoisotopic (exact) mass is 331 g/mol. The van der Waals surface area contributed by atoms with E-state index in [1.54, 1.807) is 19.1 Å². The van der Waals surface area contributed by atoms with Gasteiger partial charge in [-0.05, 0) is 37.0 Å². The molecule has 1 aromatic rings. The molecule has 130 valence electrons. The van der Waals surface area contributed by atoms with Gasteiger partial charge in [0, 0.05) is 18.9 Å². The van der Waals surface area contributed by atoms with Crippen LogP contribution in [0.2, 0.25) is 0 Å². The summed E-state index contributed by atoms with van der Waals surface area (Å²) in [6, 6.07) is 7.54. The lowest BCUT2D eigenvalue weighted by Gasteiger charge is -2.45. The molecule has 0 spiro atoms. The average Bonchev–Trinajstić information content (AvgIpc) is 2.60. The van der Waals surface area contributed by atoms with Crippen LogP contribution in [-0.4, -0.2) is 31.1 Å². The molecule has 5 nitrogen and oxygen atoms in total. The molecule has 1 heterocycles. The molecule has 1 saturated heterocycles. The number of ether oxygens (including phenoxy) is 2. The lowest BCUT2D eigenvalue weighted by Crippen LogP contribution is -2.50. The number of carbonyl (C=O) groups is 2. The number of nitrogens with one attached hydrogen (secondary N) is 1. The molecular formula is C19H25NO4. The Balaban J connectivity index is 1.77. The summed E-state index contributed by atoms with van der Waals surface area (Å²) < 4.78 is 11.1. The lowest BCUT2D eigenvalue weighted by molar-refractivity contribution is -0.131. The highest BCUT2D eigenvalue weighted by atomic mass is 16.5. The smallest absolute Gasteiger partial charge is 0.337 e. The summed E-state index contributed by atoms with van der Waals surface area (Å²) in [4.78, 5) is 23.1. The van der Waals surface area contributed by atoms with Crippen molar-refractivity contribution < 1.29 is 19.1 Å².